The Balaban J connectivity index is 1.88. The summed E-state index contributed by atoms with van der Waals surface area (Å²) in [5.74, 6) is 1.18. The third-order valence-electron chi connectivity index (χ3n) is 4.37. The lowest BCUT2D eigenvalue weighted by Gasteiger charge is -2.02. The topological polar surface area (TPSA) is 94.2 Å². The summed E-state index contributed by atoms with van der Waals surface area (Å²) in [6.45, 7) is 0. The zero-order chi connectivity index (χ0) is 17.8. The van der Waals surface area contributed by atoms with Gasteiger partial charge in [0.05, 0.1) is 23.0 Å². The van der Waals surface area contributed by atoms with Crippen LogP contribution in [0.4, 0.5) is 5.82 Å². The van der Waals surface area contributed by atoms with Crippen LogP contribution in [0, 0.1) is 5.41 Å². The summed E-state index contributed by atoms with van der Waals surface area (Å²) in [4.78, 5) is 5.34. The van der Waals surface area contributed by atoms with Crippen molar-refractivity contribution in [2.75, 3.05) is 12.8 Å². The molecule has 0 unspecified atom stereocenters. The van der Waals surface area contributed by atoms with Crippen LogP contribution in [0.3, 0.4) is 0 Å². The first-order chi connectivity index (χ1) is 12.7. The maximum absolute atomic E-state index is 8.71. The van der Waals surface area contributed by atoms with Gasteiger partial charge >= 0.3 is 0 Å². The number of hydrogen-bond donors (Lipinski definition) is 2. The molecule has 7 nitrogen and oxygen atoms in total. The minimum atomic E-state index is 0.279. The van der Waals surface area contributed by atoms with E-state index in [0.717, 1.165) is 21.7 Å². The van der Waals surface area contributed by atoms with Gasteiger partial charge in [-0.25, -0.2) is 4.68 Å². The third-order valence-corrected chi connectivity index (χ3v) is 5.37. The quantitative estimate of drug-likeness (QED) is 0.505. The number of ether oxygens (including phenoxy) is 1. The van der Waals surface area contributed by atoms with Crippen molar-refractivity contribution in [1.29, 1.82) is 5.41 Å². The molecule has 0 amide bonds. The maximum atomic E-state index is 8.71. The van der Waals surface area contributed by atoms with Gasteiger partial charge < -0.3 is 10.5 Å². The zero-order valence-electron chi connectivity index (χ0n) is 13.8. The molecule has 0 aliphatic rings. The van der Waals surface area contributed by atoms with Crippen molar-refractivity contribution in [3.05, 3.63) is 54.0 Å². The number of anilines is 1. The number of nitrogens with one attached hydrogen (secondary N) is 1. The predicted molar refractivity (Wildman–Crippen MR) is 102 cm³/mol. The van der Waals surface area contributed by atoms with Gasteiger partial charge in [0.15, 0.2) is 10.6 Å². The third kappa shape index (κ3) is 1.96. The standard InChI is InChI=1S/C18H14N6OS/c1-25-11-7-8-12-13(9-11)26-18-21-17-14(15(19)23(12)18)16(20)24(22-17)10-5-3-2-4-6-10/h2-9,19H,20H2,1H3. The molecular weight excluding hydrogens is 348 g/mol. The molecule has 0 bridgehead atoms. The highest BCUT2D eigenvalue weighted by atomic mass is 32.1. The number of para-hydroxylation sites is 1. The highest BCUT2D eigenvalue weighted by molar-refractivity contribution is 7.23. The van der Waals surface area contributed by atoms with Crippen LogP contribution >= 0.6 is 11.3 Å². The first-order valence-corrected chi connectivity index (χ1v) is 8.76. The van der Waals surface area contributed by atoms with E-state index in [1.165, 1.54) is 11.3 Å². The van der Waals surface area contributed by atoms with Crippen LogP contribution in [0.1, 0.15) is 0 Å². The SMILES string of the molecule is COc1ccc2c(c1)sc1nc3nn(-c4ccccc4)c(N)c3c(=N)n12. The summed E-state index contributed by atoms with van der Waals surface area (Å²) in [6, 6.07) is 15.4. The molecule has 0 fully saturated rings. The summed E-state index contributed by atoms with van der Waals surface area (Å²) in [5.41, 5.74) is 8.82. The molecule has 0 radical (unpaired) electrons. The second-order valence-corrected chi connectivity index (χ2v) is 6.85. The number of nitrogens with zero attached hydrogens (tertiary/aromatic N) is 4. The Bertz CT molecular complexity index is 1350. The largest absolute Gasteiger partial charge is 0.497 e. The Morgan fingerprint density at radius 3 is 2.73 bits per heavy atom. The number of thiazole rings is 1. The molecule has 0 atom stereocenters. The van der Waals surface area contributed by atoms with Crippen molar-refractivity contribution in [2.45, 2.75) is 0 Å². The smallest absolute Gasteiger partial charge is 0.198 e. The zero-order valence-corrected chi connectivity index (χ0v) is 14.6. The number of hydrogen-bond acceptors (Lipinski definition) is 6. The summed E-state index contributed by atoms with van der Waals surface area (Å²) in [5, 5.41) is 13.8. The van der Waals surface area contributed by atoms with Gasteiger partial charge in [0.2, 0.25) is 0 Å². The van der Waals surface area contributed by atoms with Crippen molar-refractivity contribution in [1.82, 2.24) is 19.2 Å². The molecule has 3 N–H and O–H groups in total. The minimum absolute atomic E-state index is 0.279. The Hall–Kier alpha value is -3.39. The second kappa shape index (κ2) is 5.30. The van der Waals surface area contributed by atoms with Crippen molar-refractivity contribution < 1.29 is 4.74 Å². The Labute approximate surface area is 151 Å². The molecule has 0 saturated heterocycles. The highest BCUT2D eigenvalue weighted by Gasteiger charge is 2.17. The molecule has 26 heavy (non-hydrogen) atoms. The second-order valence-electron chi connectivity index (χ2n) is 5.85. The normalized spacial score (nSPS) is 11.6. The molecule has 2 aromatic carbocycles. The fraction of sp³-hybridized carbons (Fsp3) is 0.0556. The van der Waals surface area contributed by atoms with Gasteiger partial charge in [0.1, 0.15) is 22.4 Å². The van der Waals surface area contributed by atoms with E-state index in [9.17, 15) is 0 Å². The number of aromatic nitrogens is 4. The van der Waals surface area contributed by atoms with Gasteiger partial charge in [0, 0.05) is 0 Å². The van der Waals surface area contributed by atoms with Crippen LogP contribution in [-0.2, 0) is 0 Å². The van der Waals surface area contributed by atoms with Crippen LogP contribution in [0.2, 0.25) is 0 Å². The fourth-order valence-electron chi connectivity index (χ4n) is 3.12. The van der Waals surface area contributed by atoms with Gasteiger partial charge in [-0.3, -0.25) is 9.81 Å². The van der Waals surface area contributed by atoms with Gasteiger partial charge in [-0.15, -0.1) is 5.10 Å². The molecule has 0 saturated carbocycles. The van der Waals surface area contributed by atoms with Gasteiger partial charge in [-0.05, 0) is 30.3 Å². The number of benzene rings is 2. The summed E-state index contributed by atoms with van der Waals surface area (Å²) in [7, 11) is 1.64. The van der Waals surface area contributed by atoms with Gasteiger partial charge in [-0.1, -0.05) is 29.5 Å². The van der Waals surface area contributed by atoms with Gasteiger partial charge in [0.25, 0.3) is 0 Å². The van der Waals surface area contributed by atoms with Crippen molar-refractivity contribution in [3.63, 3.8) is 0 Å². The van der Waals surface area contributed by atoms with E-state index in [1.807, 2.05) is 48.5 Å². The molecule has 5 rings (SSSR count). The van der Waals surface area contributed by atoms with E-state index in [0.29, 0.717) is 21.8 Å². The van der Waals surface area contributed by atoms with Crippen molar-refractivity contribution in [2.24, 2.45) is 0 Å². The highest BCUT2D eigenvalue weighted by Crippen LogP contribution is 2.29. The summed E-state index contributed by atoms with van der Waals surface area (Å²) in [6.07, 6.45) is 0. The first kappa shape index (κ1) is 14.9. The molecule has 3 heterocycles. The Morgan fingerprint density at radius 2 is 1.96 bits per heavy atom. The lowest BCUT2D eigenvalue weighted by atomic mass is 10.3. The van der Waals surface area contributed by atoms with Crippen LogP contribution in [0.5, 0.6) is 5.75 Å². The van der Waals surface area contributed by atoms with E-state index in [-0.39, 0.29) is 5.49 Å². The number of fused-ring (bicyclic) bond motifs is 4. The number of nitrogens with two attached hydrogens (primary N) is 1. The monoisotopic (exact) mass is 362 g/mol. The van der Waals surface area contributed by atoms with Crippen molar-refractivity contribution in [3.8, 4) is 11.4 Å². The molecular formula is C18H14N6OS. The van der Waals surface area contributed by atoms with E-state index in [2.05, 4.69) is 10.1 Å². The first-order valence-electron chi connectivity index (χ1n) is 7.95. The van der Waals surface area contributed by atoms with Crippen LogP contribution in [-0.4, -0.2) is 26.3 Å². The minimum Gasteiger partial charge on any atom is -0.497 e. The van der Waals surface area contributed by atoms with E-state index in [4.69, 9.17) is 15.9 Å². The van der Waals surface area contributed by atoms with Crippen LogP contribution in [0.25, 0.3) is 31.9 Å². The Kier molecular flexibility index (Phi) is 3.04. The molecule has 0 spiro atoms. The molecule has 5 aromatic rings. The van der Waals surface area contributed by atoms with Gasteiger partial charge in [-0.2, -0.15) is 4.98 Å². The molecule has 0 aliphatic heterocycles. The number of nitrogen functional groups attached to an aromatic ring is 1. The lowest BCUT2D eigenvalue weighted by Crippen LogP contribution is -2.14. The average Bonchev–Trinajstić information content (AvgIpc) is 3.19. The summed E-state index contributed by atoms with van der Waals surface area (Å²) < 4.78 is 9.71. The fourth-order valence-corrected chi connectivity index (χ4v) is 4.17. The summed E-state index contributed by atoms with van der Waals surface area (Å²) >= 11 is 1.49. The number of rotatable bonds is 2. The van der Waals surface area contributed by atoms with Crippen molar-refractivity contribution >= 4 is 43.4 Å². The number of methoxy groups -OCH3 is 1. The molecule has 3 aromatic heterocycles. The van der Waals surface area contributed by atoms with Crippen LogP contribution < -0.4 is 16.0 Å². The lowest BCUT2D eigenvalue weighted by molar-refractivity contribution is 0.415. The molecule has 0 aliphatic carbocycles. The maximum Gasteiger partial charge on any atom is 0.198 e. The van der Waals surface area contributed by atoms with E-state index in [1.54, 1.807) is 16.2 Å². The van der Waals surface area contributed by atoms with E-state index < -0.39 is 0 Å². The van der Waals surface area contributed by atoms with E-state index >= 15 is 0 Å². The van der Waals surface area contributed by atoms with Crippen LogP contribution in [0.15, 0.2) is 48.5 Å². The average molecular weight is 362 g/mol. The Morgan fingerprint density at radius 1 is 1.15 bits per heavy atom. The molecule has 128 valence electrons. The molecule has 8 heteroatoms. The predicted octanol–water partition coefficient (Wildman–Crippen LogP) is 2.96.